The maximum Gasteiger partial charge on any atom is 0.264 e. The molecule has 34 heavy (non-hydrogen) atoms. The highest BCUT2D eigenvalue weighted by Gasteiger charge is 2.43. The topological polar surface area (TPSA) is 93.7 Å². The molecule has 182 valence electrons. The Kier molecular flexibility index (Phi) is 5.74. The van der Waals surface area contributed by atoms with Crippen LogP contribution >= 0.6 is 0 Å². The van der Waals surface area contributed by atoms with E-state index in [-0.39, 0.29) is 4.90 Å². The molecule has 0 aromatic heterocycles. The molecule has 1 atom stereocenters. The maximum absolute atomic E-state index is 13.6. The summed E-state index contributed by atoms with van der Waals surface area (Å²) in [6.45, 7) is 4.68. The van der Waals surface area contributed by atoms with Crippen LogP contribution in [0.3, 0.4) is 0 Å². The molecule has 2 aromatic rings. The number of nitrogens with one attached hydrogen (secondary N) is 2. The van der Waals surface area contributed by atoms with Crippen molar-refractivity contribution in [3.05, 3.63) is 47.0 Å². The minimum atomic E-state index is -4.05. The second-order valence-electron chi connectivity index (χ2n) is 10.1. The minimum absolute atomic E-state index is 0.160. The van der Waals surface area contributed by atoms with E-state index in [0.717, 1.165) is 42.6 Å². The van der Waals surface area contributed by atoms with Crippen LogP contribution in [0.1, 0.15) is 74.5 Å². The Morgan fingerprint density at radius 1 is 1.18 bits per heavy atom. The van der Waals surface area contributed by atoms with Crippen LogP contribution in [0.15, 0.2) is 35.2 Å². The van der Waals surface area contributed by atoms with Crippen LogP contribution in [-0.4, -0.2) is 33.6 Å². The fourth-order valence-corrected chi connectivity index (χ4v) is 6.70. The van der Waals surface area contributed by atoms with Crippen LogP contribution in [0.5, 0.6) is 11.5 Å². The highest BCUT2D eigenvalue weighted by Crippen LogP contribution is 2.52. The Labute approximate surface area is 201 Å². The van der Waals surface area contributed by atoms with Gasteiger partial charge in [-0.1, -0.05) is 18.6 Å². The molecular weight excluding hydrogens is 452 g/mol. The summed E-state index contributed by atoms with van der Waals surface area (Å²) in [6.07, 6.45) is 5.19. The average Bonchev–Trinajstić information content (AvgIpc) is 2.76. The number of ether oxygens (including phenoxy) is 2. The Bertz CT molecular complexity index is 1230. The maximum atomic E-state index is 13.6. The van der Waals surface area contributed by atoms with Gasteiger partial charge in [-0.2, -0.15) is 0 Å². The number of hydrogen-bond donors (Lipinski definition) is 2. The standard InChI is InChI=1S/C26H32N2O5S/c1-26(2)15-19(23-21(32-3)13-12-17(24(23)33-26)16-7-4-8-16)25(29)28-34(30,31)22-11-5-10-20-18(22)9-6-14-27-20/h5,10-13,16,19,27H,4,6-9,14-15H2,1-3H3,(H,28,29)/t19-/m1/s1. The first kappa shape index (κ1) is 23.0. The predicted octanol–water partition coefficient (Wildman–Crippen LogP) is 4.47. The first-order chi connectivity index (χ1) is 16.2. The van der Waals surface area contributed by atoms with Crippen molar-refractivity contribution in [1.82, 2.24) is 4.72 Å². The molecule has 2 N–H and O–H groups in total. The van der Waals surface area contributed by atoms with Crippen molar-refractivity contribution in [2.75, 3.05) is 19.0 Å². The number of rotatable bonds is 5. The van der Waals surface area contributed by atoms with E-state index in [2.05, 4.69) is 10.0 Å². The van der Waals surface area contributed by atoms with Gasteiger partial charge in [0.2, 0.25) is 5.91 Å². The third-order valence-electron chi connectivity index (χ3n) is 7.27. The summed E-state index contributed by atoms with van der Waals surface area (Å²) in [7, 11) is -2.49. The van der Waals surface area contributed by atoms with E-state index in [4.69, 9.17) is 9.47 Å². The zero-order valence-corrected chi connectivity index (χ0v) is 20.8. The number of benzene rings is 2. The number of sulfonamides is 1. The second kappa shape index (κ2) is 8.48. The highest BCUT2D eigenvalue weighted by atomic mass is 32.2. The lowest BCUT2D eigenvalue weighted by Gasteiger charge is -2.40. The lowest BCUT2D eigenvalue weighted by molar-refractivity contribution is -0.122. The number of carbonyl (C=O) groups is 1. The van der Waals surface area contributed by atoms with Gasteiger partial charge >= 0.3 is 0 Å². The summed E-state index contributed by atoms with van der Waals surface area (Å²) in [5, 5.41) is 3.25. The zero-order chi connectivity index (χ0) is 24.1. The molecule has 7 nitrogen and oxygen atoms in total. The summed E-state index contributed by atoms with van der Waals surface area (Å²) in [5.74, 6) is 0.361. The summed E-state index contributed by atoms with van der Waals surface area (Å²) in [6, 6.07) is 9.05. The predicted molar refractivity (Wildman–Crippen MR) is 130 cm³/mol. The lowest BCUT2D eigenvalue weighted by Crippen LogP contribution is -2.43. The first-order valence-corrected chi connectivity index (χ1v) is 13.5. The van der Waals surface area contributed by atoms with Crippen molar-refractivity contribution < 1.29 is 22.7 Å². The second-order valence-corrected chi connectivity index (χ2v) is 11.8. The Morgan fingerprint density at radius 3 is 2.68 bits per heavy atom. The average molecular weight is 485 g/mol. The van der Waals surface area contributed by atoms with Gasteiger partial charge in [0, 0.05) is 24.2 Å². The number of methoxy groups -OCH3 is 1. The van der Waals surface area contributed by atoms with Gasteiger partial charge in [0.1, 0.15) is 17.1 Å². The number of hydrogen-bond acceptors (Lipinski definition) is 6. The number of amides is 1. The van der Waals surface area contributed by atoms with Crippen LogP contribution in [-0.2, 0) is 21.2 Å². The van der Waals surface area contributed by atoms with Gasteiger partial charge in [-0.25, -0.2) is 13.1 Å². The minimum Gasteiger partial charge on any atom is -0.496 e. The van der Waals surface area contributed by atoms with Gasteiger partial charge in [0.15, 0.2) is 0 Å². The van der Waals surface area contributed by atoms with Crippen molar-refractivity contribution in [2.45, 2.75) is 74.7 Å². The largest absolute Gasteiger partial charge is 0.496 e. The van der Waals surface area contributed by atoms with E-state index in [1.165, 1.54) is 6.42 Å². The Hall–Kier alpha value is -2.74. The zero-order valence-electron chi connectivity index (χ0n) is 19.9. The van der Waals surface area contributed by atoms with Gasteiger partial charge < -0.3 is 14.8 Å². The molecule has 1 aliphatic carbocycles. The summed E-state index contributed by atoms with van der Waals surface area (Å²) < 4.78 is 41.2. The summed E-state index contributed by atoms with van der Waals surface area (Å²) >= 11 is 0. The molecule has 5 rings (SSSR count). The van der Waals surface area contributed by atoms with E-state index >= 15 is 0 Å². The molecule has 0 radical (unpaired) electrons. The Morgan fingerprint density at radius 2 is 1.97 bits per heavy atom. The van der Waals surface area contributed by atoms with Crippen LogP contribution in [0.25, 0.3) is 0 Å². The first-order valence-electron chi connectivity index (χ1n) is 12.0. The number of carbonyl (C=O) groups excluding carboxylic acids is 1. The van der Waals surface area contributed by atoms with Crippen LogP contribution < -0.4 is 19.5 Å². The van der Waals surface area contributed by atoms with E-state index < -0.39 is 27.4 Å². The monoisotopic (exact) mass is 484 g/mol. The molecular formula is C26H32N2O5S. The number of anilines is 1. The molecule has 1 amide bonds. The molecule has 1 saturated carbocycles. The molecule has 0 saturated heterocycles. The highest BCUT2D eigenvalue weighted by molar-refractivity contribution is 7.90. The molecule has 2 aliphatic heterocycles. The van der Waals surface area contributed by atoms with E-state index in [0.29, 0.717) is 35.8 Å². The van der Waals surface area contributed by atoms with E-state index in [1.807, 2.05) is 32.0 Å². The number of fused-ring (bicyclic) bond motifs is 2. The Balaban J connectivity index is 1.53. The molecule has 0 spiro atoms. The molecule has 0 bridgehead atoms. The van der Waals surface area contributed by atoms with Gasteiger partial charge in [-0.3, -0.25) is 4.79 Å². The van der Waals surface area contributed by atoms with Crippen molar-refractivity contribution in [1.29, 1.82) is 0 Å². The van der Waals surface area contributed by atoms with Crippen LogP contribution in [0.4, 0.5) is 5.69 Å². The van der Waals surface area contributed by atoms with Crippen molar-refractivity contribution in [2.24, 2.45) is 0 Å². The van der Waals surface area contributed by atoms with Gasteiger partial charge in [-0.15, -0.1) is 0 Å². The molecule has 2 aromatic carbocycles. The third kappa shape index (κ3) is 4.02. The molecule has 2 heterocycles. The third-order valence-corrected chi connectivity index (χ3v) is 8.70. The fraction of sp³-hybridized carbons (Fsp3) is 0.500. The van der Waals surface area contributed by atoms with Crippen LogP contribution in [0.2, 0.25) is 0 Å². The molecule has 0 unspecified atom stereocenters. The molecule has 8 heteroatoms. The van der Waals surface area contributed by atoms with Crippen molar-refractivity contribution in [3.63, 3.8) is 0 Å². The molecule has 3 aliphatic rings. The van der Waals surface area contributed by atoms with Crippen molar-refractivity contribution >= 4 is 21.6 Å². The van der Waals surface area contributed by atoms with Gasteiger partial charge in [0.25, 0.3) is 10.0 Å². The lowest BCUT2D eigenvalue weighted by atomic mass is 9.75. The quantitative estimate of drug-likeness (QED) is 0.650. The van der Waals surface area contributed by atoms with E-state index in [1.54, 1.807) is 19.2 Å². The van der Waals surface area contributed by atoms with E-state index in [9.17, 15) is 13.2 Å². The molecule has 1 fully saturated rings. The van der Waals surface area contributed by atoms with Gasteiger partial charge in [0.05, 0.1) is 17.9 Å². The smallest absolute Gasteiger partial charge is 0.264 e. The normalized spacial score (nSPS) is 21.2. The summed E-state index contributed by atoms with van der Waals surface area (Å²) in [4.78, 5) is 13.8. The van der Waals surface area contributed by atoms with Crippen LogP contribution in [0, 0.1) is 0 Å². The van der Waals surface area contributed by atoms with Gasteiger partial charge in [-0.05, 0) is 74.8 Å². The van der Waals surface area contributed by atoms with Crippen molar-refractivity contribution in [3.8, 4) is 11.5 Å². The SMILES string of the molecule is COc1ccc(C2CCC2)c2c1[C@H](C(=O)NS(=O)(=O)c1cccc3c1CCCN3)CC(C)(C)O2. The summed E-state index contributed by atoms with van der Waals surface area (Å²) in [5.41, 5.74) is 2.64. The fourth-order valence-electron chi connectivity index (χ4n) is 5.38.